The molecule has 8 heavy (non-hydrogen) atoms. The minimum Gasteiger partial charge on any atom is -0.452 e. The molecule has 0 bridgehead atoms. The molecule has 0 fully saturated rings. The zero-order valence-corrected chi connectivity index (χ0v) is 5.82. The van der Waals surface area contributed by atoms with E-state index in [0.717, 1.165) is 0 Å². The summed E-state index contributed by atoms with van der Waals surface area (Å²) in [5.74, 6) is 0. The summed E-state index contributed by atoms with van der Waals surface area (Å²) < 4.78 is 4.42. The standard InChI is InChI=1S/C5H9O2.CH3/c1-5(2,3)7-4-6;/h1-3H3;1H3. The Balaban J connectivity index is 0. The molecule has 0 aromatic rings. The van der Waals surface area contributed by atoms with E-state index in [-0.39, 0.29) is 13.0 Å². The number of rotatable bonds is 1. The molecule has 0 aliphatic rings. The van der Waals surface area contributed by atoms with E-state index in [2.05, 4.69) is 4.74 Å². The third kappa shape index (κ3) is 9.08. The van der Waals surface area contributed by atoms with Gasteiger partial charge in [0.2, 0.25) is 0 Å². The number of hydrogen-bond acceptors (Lipinski definition) is 2. The summed E-state index contributed by atoms with van der Waals surface area (Å²) in [6.07, 6.45) is 0. The molecule has 0 spiro atoms. The lowest BCUT2D eigenvalue weighted by atomic mass is 10.2. The van der Waals surface area contributed by atoms with Gasteiger partial charge >= 0.3 is 6.47 Å². The summed E-state index contributed by atoms with van der Waals surface area (Å²) >= 11 is 0. The van der Waals surface area contributed by atoms with Gasteiger partial charge in [0.05, 0.1) is 0 Å². The Morgan fingerprint density at radius 2 is 1.75 bits per heavy atom. The van der Waals surface area contributed by atoms with E-state index in [4.69, 9.17) is 0 Å². The Labute approximate surface area is 50.8 Å². The van der Waals surface area contributed by atoms with Gasteiger partial charge in [-0.3, -0.25) is 0 Å². The van der Waals surface area contributed by atoms with Crippen molar-refractivity contribution in [3.63, 3.8) is 0 Å². The summed E-state index contributed by atoms with van der Waals surface area (Å²) in [7, 11) is 0. The third-order valence-corrected chi connectivity index (χ3v) is 0.348. The van der Waals surface area contributed by atoms with Gasteiger partial charge in [0.1, 0.15) is 5.60 Å². The molecule has 0 rings (SSSR count). The normalized spacial score (nSPS) is 9.38. The maximum Gasteiger partial charge on any atom is 0.418 e. The molecule has 0 saturated carbocycles. The molecule has 0 saturated heterocycles. The number of hydrogen-bond donors (Lipinski definition) is 0. The van der Waals surface area contributed by atoms with Gasteiger partial charge < -0.3 is 4.74 Å². The Morgan fingerprint density at radius 3 is 1.75 bits per heavy atom. The first-order valence-corrected chi connectivity index (χ1v) is 2.11. The van der Waals surface area contributed by atoms with Crippen molar-refractivity contribution < 1.29 is 9.53 Å². The monoisotopic (exact) mass is 116 g/mol. The van der Waals surface area contributed by atoms with E-state index in [9.17, 15) is 4.79 Å². The van der Waals surface area contributed by atoms with Crippen LogP contribution in [-0.4, -0.2) is 12.1 Å². The topological polar surface area (TPSA) is 26.3 Å². The number of ether oxygens (including phenoxy) is 1. The highest BCUT2D eigenvalue weighted by Crippen LogP contribution is 2.02. The molecule has 0 aliphatic carbocycles. The highest BCUT2D eigenvalue weighted by molar-refractivity contribution is 5.39. The molecule has 2 heteroatoms. The maximum atomic E-state index is 9.47. The summed E-state index contributed by atoms with van der Waals surface area (Å²) in [5.41, 5.74) is -0.373. The second-order valence-corrected chi connectivity index (χ2v) is 2.30. The SMILES string of the molecule is CC(C)(C)O[C]=O.[CH3]. The van der Waals surface area contributed by atoms with Crippen molar-refractivity contribution in [3.8, 4) is 0 Å². The van der Waals surface area contributed by atoms with Crippen molar-refractivity contribution in [1.29, 1.82) is 0 Å². The lowest BCUT2D eigenvalue weighted by Crippen LogP contribution is -2.17. The molecule has 0 unspecified atom stereocenters. The van der Waals surface area contributed by atoms with E-state index < -0.39 is 0 Å². The molecule has 2 radical (unpaired) electrons. The summed E-state index contributed by atoms with van der Waals surface area (Å²) in [5, 5.41) is 0. The van der Waals surface area contributed by atoms with E-state index in [1.54, 1.807) is 20.8 Å². The van der Waals surface area contributed by atoms with Gasteiger partial charge in [-0.05, 0) is 20.8 Å². The quantitative estimate of drug-likeness (QED) is 0.516. The van der Waals surface area contributed by atoms with Gasteiger partial charge in [0.15, 0.2) is 0 Å². The average Bonchev–Trinajstić information content (AvgIpc) is 1.30. The van der Waals surface area contributed by atoms with Crippen molar-refractivity contribution in [2.45, 2.75) is 26.4 Å². The lowest BCUT2D eigenvalue weighted by molar-refractivity contribution is 0.109. The fourth-order valence-corrected chi connectivity index (χ4v) is 0.125. The van der Waals surface area contributed by atoms with Crippen molar-refractivity contribution >= 4 is 6.47 Å². The van der Waals surface area contributed by atoms with Crippen LogP contribution < -0.4 is 0 Å². The van der Waals surface area contributed by atoms with Gasteiger partial charge in [-0.2, -0.15) is 0 Å². The van der Waals surface area contributed by atoms with Crippen molar-refractivity contribution in [1.82, 2.24) is 0 Å². The molecule has 48 valence electrons. The Kier molecular flexibility index (Phi) is 4.53. The van der Waals surface area contributed by atoms with Crippen LogP contribution in [0.1, 0.15) is 20.8 Å². The van der Waals surface area contributed by atoms with Crippen molar-refractivity contribution in [2.75, 3.05) is 0 Å². The highest BCUT2D eigenvalue weighted by Gasteiger charge is 2.08. The minimum absolute atomic E-state index is 0. The van der Waals surface area contributed by atoms with Crippen LogP contribution in [0.15, 0.2) is 0 Å². The van der Waals surface area contributed by atoms with Crippen LogP contribution in [0, 0.1) is 7.43 Å². The molecule has 0 N–H and O–H groups in total. The fraction of sp³-hybridized carbons (Fsp3) is 0.667. The fourth-order valence-electron chi connectivity index (χ4n) is 0.125. The van der Waals surface area contributed by atoms with E-state index in [0.29, 0.717) is 0 Å². The Bertz CT molecular complexity index is 61.4. The van der Waals surface area contributed by atoms with Crippen LogP contribution in [-0.2, 0) is 9.53 Å². The Hall–Kier alpha value is -0.530. The van der Waals surface area contributed by atoms with Crippen LogP contribution in [0.3, 0.4) is 0 Å². The molecule has 0 atom stereocenters. The van der Waals surface area contributed by atoms with E-state index in [1.165, 1.54) is 6.47 Å². The average molecular weight is 116 g/mol. The maximum absolute atomic E-state index is 9.47. The van der Waals surface area contributed by atoms with Crippen LogP contribution in [0.4, 0.5) is 0 Å². The molecular weight excluding hydrogens is 104 g/mol. The number of carbonyl (C=O) groups excluding carboxylic acids is 1. The van der Waals surface area contributed by atoms with Crippen molar-refractivity contribution in [3.05, 3.63) is 7.43 Å². The largest absolute Gasteiger partial charge is 0.452 e. The van der Waals surface area contributed by atoms with Crippen LogP contribution in [0.2, 0.25) is 0 Å². The third-order valence-electron chi connectivity index (χ3n) is 0.348. The second kappa shape index (κ2) is 3.47. The van der Waals surface area contributed by atoms with Crippen molar-refractivity contribution in [2.24, 2.45) is 0 Å². The van der Waals surface area contributed by atoms with Gasteiger partial charge in [-0.1, -0.05) is 7.43 Å². The predicted octanol–water partition coefficient (Wildman–Crippen LogP) is 1.32. The van der Waals surface area contributed by atoms with Gasteiger partial charge in [0, 0.05) is 0 Å². The lowest BCUT2D eigenvalue weighted by Gasteiger charge is -2.13. The molecular formula is C6H12O2. The van der Waals surface area contributed by atoms with E-state index in [1.807, 2.05) is 0 Å². The van der Waals surface area contributed by atoms with E-state index >= 15 is 0 Å². The second-order valence-electron chi connectivity index (χ2n) is 2.30. The predicted molar refractivity (Wildman–Crippen MR) is 32.9 cm³/mol. The van der Waals surface area contributed by atoms with Crippen LogP contribution in [0.25, 0.3) is 0 Å². The summed E-state index contributed by atoms with van der Waals surface area (Å²) in [6, 6.07) is 0. The first-order chi connectivity index (χ1) is 3.06. The van der Waals surface area contributed by atoms with Crippen LogP contribution >= 0.6 is 0 Å². The summed E-state index contributed by atoms with van der Waals surface area (Å²) in [4.78, 5) is 9.47. The molecule has 0 aromatic heterocycles. The molecule has 0 aromatic carbocycles. The van der Waals surface area contributed by atoms with Crippen LogP contribution in [0.5, 0.6) is 0 Å². The van der Waals surface area contributed by atoms with Gasteiger partial charge in [-0.15, -0.1) is 0 Å². The molecule has 0 heterocycles. The Morgan fingerprint density at radius 1 is 1.38 bits per heavy atom. The highest BCUT2D eigenvalue weighted by atomic mass is 16.5. The molecule has 0 aliphatic heterocycles. The first-order valence-electron chi connectivity index (χ1n) is 2.11. The summed E-state index contributed by atoms with van der Waals surface area (Å²) in [6.45, 7) is 6.73. The zero-order chi connectivity index (χ0) is 5.91. The molecule has 2 nitrogen and oxygen atoms in total. The zero-order valence-electron chi connectivity index (χ0n) is 5.82. The molecule has 0 amide bonds. The minimum atomic E-state index is -0.373. The van der Waals surface area contributed by atoms with Gasteiger partial charge in [0.25, 0.3) is 0 Å². The first kappa shape index (κ1) is 10.5. The smallest absolute Gasteiger partial charge is 0.418 e. The van der Waals surface area contributed by atoms with Gasteiger partial charge in [-0.25, -0.2) is 4.79 Å².